The predicted octanol–water partition coefficient (Wildman–Crippen LogP) is 0.149. The van der Waals surface area contributed by atoms with E-state index >= 15 is 0 Å². The summed E-state index contributed by atoms with van der Waals surface area (Å²) in [6, 6.07) is 0.0196. The zero-order valence-electron chi connectivity index (χ0n) is 10.6. The Labute approximate surface area is 108 Å². The molecule has 2 atom stereocenters. The largest absolute Gasteiger partial charge is 0.354 e. The molecule has 17 heavy (non-hydrogen) atoms. The van der Waals surface area contributed by atoms with E-state index in [4.69, 9.17) is 0 Å². The number of carbonyl (C=O) groups excluding carboxylic acids is 1. The van der Waals surface area contributed by atoms with E-state index in [-0.39, 0.29) is 11.9 Å². The van der Waals surface area contributed by atoms with Crippen molar-refractivity contribution in [3.63, 3.8) is 0 Å². The van der Waals surface area contributed by atoms with Crippen LogP contribution < -0.4 is 10.6 Å². The van der Waals surface area contributed by atoms with Crippen molar-refractivity contribution < 1.29 is 4.79 Å². The van der Waals surface area contributed by atoms with Gasteiger partial charge >= 0.3 is 0 Å². The Morgan fingerprint density at radius 2 is 2.29 bits per heavy atom. The smallest absolute Gasteiger partial charge is 0.237 e. The van der Waals surface area contributed by atoms with E-state index in [0.717, 1.165) is 32.7 Å². The number of hydrogen-bond donors (Lipinski definition) is 2. The first-order valence-electron chi connectivity index (χ1n) is 6.57. The lowest BCUT2D eigenvalue weighted by Gasteiger charge is -2.32. The standard InChI is InChI=1S/C12H23N3OS/c1-10(15-5-3-13-4-6-15)12(16)14-8-11-2-7-17-9-11/h10-11,13H,2-9H2,1H3,(H,14,16). The molecule has 5 heteroatoms. The SMILES string of the molecule is CC(C(=O)NCC1CCSC1)N1CCNCC1. The predicted molar refractivity (Wildman–Crippen MR) is 72.3 cm³/mol. The fourth-order valence-electron chi connectivity index (χ4n) is 2.37. The maximum absolute atomic E-state index is 12.0. The molecule has 4 nitrogen and oxygen atoms in total. The highest BCUT2D eigenvalue weighted by Crippen LogP contribution is 2.22. The zero-order valence-corrected chi connectivity index (χ0v) is 11.4. The van der Waals surface area contributed by atoms with E-state index in [1.54, 1.807) is 0 Å². The molecule has 0 aliphatic carbocycles. The van der Waals surface area contributed by atoms with Crippen molar-refractivity contribution in [2.24, 2.45) is 5.92 Å². The van der Waals surface area contributed by atoms with E-state index in [2.05, 4.69) is 15.5 Å². The van der Waals surface area contributed by atoms with Gasteiger partial charge in [-0.3, -0.25) is 9.69 Å². The number of nitrogens with zero attached hydrogens (tertiary/aromatic N) is 1. The third kappa shape index (κ3) is 3.86. The molecule has 98 valence electrons. The molecule has 0 radical (unpaired) electrons. The molecule has 2 fully saturated rings. The van der Waals surface area contributed by atoms with Crippen molar-refractivity contribution in [1.29, 1.82) is 0 Å². The average molecular weight is 257 g/mol. The molecule has 2 aliphatic heterocycles. The van der Waals surface area contributed by atoms with Crippen LogP contribution in [0, 0.1) is 5.92 Å². The highest BCUT2D eigenvalue weighted by atomic mass is 32.2. The summed E-state index contributed by atoms with van der Waals surface area (Å²) in [5.41, 5.74) is 0. The van der Waals surface area contributed by atoms with Gasteiger partial charge in [0.2, 0.25) is 5.91 Å². The molecular formula is C12H23N3OS. The average Bonchev–Trinajstić information content (AvgIpc) is 2.89. The third-order valence-electron chi connectivity index (χ3n) is 3.67. The van der Waals surface area contributed by atoms with Crippen LogP contribution >= 0.6 is 11.8 Å². The number of thioether (sulfide) groups is 1. The maximum Gasteiger partial charge on any atom is 0.237 e. The Morgan fingerprint density at radius 3 is 2.94 bits per heavy atom. The van der Waals surface area contributed by atoms with Gasteiger partial charge in [0.1, 0.15) is 0 Å². The van der Waals surface area contributed by atoms with Gasteiger partial charge in [0.05, 0.1) is 6.04 Å². The second-order valence-electron chi connectivity index (χ2n) is 4.94. The summed E-state index contributed by atoms with van der Waals surface area (Å²) in [7, 11) is 0. The minimum atomic E-state index is 0.0196. The van der Waals surface area contributed by atoms with Crippen LogP contribution in [0.2, 0.25) is 0 Å². The number of carbonyl (C=O) groups is 1. The molecule has 2 heterocycles. The van der Waals surface area contributed by atoms with Crippen molar-refractivity contribution in [2.45, 2.75) is 19.4 Å². The van der Waals surface area contributed by atoms with E-state index in [1.165, 1.54) is 17.9 Å². The minimum Gasteiger partial charge on any atom is -0.354 e. The first-order valence-corrected chi connectivity index (χ1v) is 7.73. The quantitative estimate of drug-likeness (QED) is 0.752. The van der Waals surface area contributed by atoms with Crippen LogP contribution in [-0.2, 0) is 4.79 Å². The van der Waals surface area contributed by atoms with Gasteiger partial charge in [-0.1, -0.05) is 0 Å². The van der Waals surface area contributed by atoms with E-state index in [9.17, 15) is 4.79 Å². The molecule has 0 aromatic rings. The van der Waals surface area contributed by atoms with E-state index in [1.807, 2.05) is 18.7 Å². The molecule has 0 aromatic carbocycles. The zero-order chi connectivity index (χ0) is 12.1. The molecule has 1 amide bonds. The number of amides is 1. The van der Waals surface area contributed by atoms with Gasteiger partial charge in [-0.05, 0) is 30.8 Å². The van der Waals surface area contributed by atoms with Gasteiger partial charge in [-0.2, -0.15) is 11.8 Å². The number of rotatable bonds is 4. The number of hydrogen-bond acceptors (Lipinski definition) is 4. The molecule has 2 aliphatic rings. The van der Waals surface area contributed by atoms with Crippen LogP contribution in [0.1, 0.15) is 13.3 Å². The van der Waals surface area contributed by atoms with Crippen LogP contribution in [0.3, 0.4) is 0 Å². The molecule has 2 unspecified atom stereocenters. The van der Waals surface area contributed by atoms with E-state index < -0.39 is 0 Å². The molecule has 0 bridgehead atoms. The summed E-state index contributed by atoms with van der Waals surface area (Å²) in [6.45, 7) is 6.84. The monoisotopic (exact) mass is 257 g/mol. The summed E-state index contributed by atoms with van der Waals surface area (Å²) in [5, 5.41) is 6.42. The van der Waals surface area contributed by atoms with Crippen LogP contribution in [0.15, 0.2) is 0 Å². The molecule has 0 spiro atoms. The van der Waals surface area contributed by atoms with E-state index in [0.29, 0.717) is 5.92 Å². The van der Waals surface area contributed by atoms with Crippen LogP contribution in [0.25, 0.3) is 0 Å². The lowest BCUT2D eigenvalue weighted by molar-refractivity contribution is -0.126. The highest BCUT2D eigenvalue weighted by molar-refractivity contribution is 7.99. The van der Waals surface area contributed by atoms with Crippen molar-refractivity contribution in [1.82, 2.24) is 15.5 Å². The summed E-state index contributed by atoms with van der Waals surface area (Å²) in [6.07, 6.45) is 1.26. The van der Waals surface area contributed by atoms with Gasteiger partial charge < -0.3 is 10.6 Å². The van der Waals surface area contributed by atoms with Crippen molar-refractivity contribution in [3.05, 3.63) is 0 Å². The van der Waals surface area contributed by atoms with Crippen molar-refractivity contribution >= 4 is 17.7 Å². The van der Waals surface area contributed by atoms with Gasteiger partial charge in [-0.15, -0.1) is 0 Å². The van der Waals surface area contributed by atoms with Gasteiger partial charge in [0.15, 0.2) is 0 Å². The summed E-state index contributed by atoms with van der Waals surface area (Å²) >= 11 is 2.00. The van der Waals surface area contributed by atoms with Crippen molar-refractivity contribution in [3.8, 4) is 0 Å². The molecular weight excluding hydrogens is 234 g/mol. The second-order valence-corrected chi connectivity index (χ2v) is 6.09. The van der Waals surface area contributed by atoms with Gasteiger partial charge in [0.25, 0.3) is 0 Å². The molecule has 2 rings (SSSR count). The number of piperazine rings is 1. The molecule has 0 aromatic heterocycles. The Hall–Kier alpha value is -0.260. The summed E-state index contributed by atoms with van der Waals surface area (Å²) in [4.78, 5) is 14.3. The lowest BCUT2D eigenvalue weighted by Crippen LogP contribution is -2.53. The third-order valence-corrected chi connectivity index (χ3v) is 4.90. The second kappa shape index (κ2) is 6.61. The first-order chi connectivity index (χ1) is 8.27. The molecule has 0 saturated carbocycles. The fraction of sp³-hybridized carbons (Fsp3) is 0.917. The maximum atomic E-state index is 12.0. The summed E-state index contributed by atoms with van der Waals surface area (Å²) in [5.74, 6) is 3.36. The normalized spacial score (nSPS) is 27.9. The highest BCUT2D eigenvalue weighted by Gasteiger charge is 2.23. The minimum absolute atomic E-state index is 0.0196. The van der Waals surface area contributed by atoms with Gasteiger partial charge in [-0.25, -0.2) is 0 Å². The molecule has 2 N–H and O–H groups in total. The fourth-order valence-corrected chi connectivity index (χ4v) is 3.66. The van der Waals surface area contributed by atoms with Gasteiger partial charge in [0, 0.05) is 32.7 Å². The Bertz CT molecular complexity index is 250. The van der Waals surface area contributed by atoms with Crippen molar-refractivity contribution in [2.75, 3.05) is 44.2 Å². The number of nitrogens with one attached hydrogen (secondary N) is 2. The Balaban J connectivity index is 1.70. The van der Waals surface area contributed by atoms with Crippen LogP contribution in [0.4, 0.5) is 0 Å². The lowest BCUT2D eigenvalue weighted by atomic mass is 10.1. The Kier molecular flexibility index (Phi) is 5.13. The topological polar surface area (TPSA) is 44.4 Å². The Morgan fingerprint density at radius 1 is 1.53 bits per heavy atom. The molecule has 2 saturated heterocycles. The van der Waals surface area contributed by atoms with Crippen LogP contribution in [-0.4, -0.2) is 61.1 Å². The summed E-state index contributed by atoms with van der Waals surface area (Å²) < 4.78 is 0. The van der Waals surface area contributed by atoms with Crippen LogP contribution in [0.5, 0.6) is 0 Å². The first kappa shape index (κ1) is 13.2.